The SMILES string of the molecule is CC(=O)N[C@@H](CC(=O)N[C@H](CCC(=O)OC(C)(C)C)CC(=O)N[C@@H](CC(=O)O)Cc1ccccc1)CC(C)C. The van der Waals surface area contributed by atoms with Gasteiger partial charge in [-0.2, -0.15) is 0 Å². The van der Waals surface area contributed by atoms with Crippen molar-refractivity contribution in [2.75, 3.05) is 0 Å². The lowest BCUT2D eigenvalue weighted by molar-refractivity contribution is -0.155. The number of nitrogens with one attached hydrogen (secondary N) is 3. The number of benzene rings is 1. The zero-order valence-electron chi connectivity index (χ0n) is 24.0. The van der Waals surface area contributed by atoms with E-state index in [2.05, 4.69) is 16.0 Å². The lowest BCUT2D eigenvalue weighted by Crippen LogP contribution is -2.45. The van der Waals surface area contributed by atoms with Gasteiger partial charge in [-0.05, 0) is 51.5 Å². The summed E-state index contributed by atoms with van der Waals surface area (Å²) < 4.78 is 5.36. The van der Waals surface area contributed by atoms with Gasteiger partial charge >= 0.3 is 11.9 Å². The average molecular weight is 548 g/mol. The van der Waals surface area contributed by atoms with Crippen LogP contribution in [0.1, 0.15) is 85.6 Å². The number of carboxylic acid groups (broad SMARTS) is 1. The Morgan fingerprint density at radius 3 is 1.92 bits per heavy atom. The minimum Gasteiger partial charge on any atom is -0.481 e. The molecule has 4 N–H and O–H groups in total. The zero-order valence-corrected chi connectivity index (χ0v) is 24.0. The predicted octanol–water partition coefficient (Wildman–Crippen LogP) is 3.13. The van der Waals surface area contributed by atoms with Crippen molar-refractivity contribution in [2.45, 2.75) is 110 Å². The minimum absolute atomic E-state index is 0.0147. The summed E-state index contributed by atoms with van der Waals surface area (Å²) in [5, 5.41) is 17.7. The number of carbonyl (C=O) groups is 5. The van der Waals surface area contributed by atoms with E-state index in [-0.39, 0.29) is 55.9 Å². The summed E-state index contributed by atoms with van der Waals surface area (Å²) in [6.07, 6.45) is 0.702. The second kappa shape index (κ2) is 16.5. The molecule has 10 heteroatoms. The third-order valence-electron chi connectivity index (χ3n) is 5.62. The van der Waals surface area contributed by atoms with Crippen LogP contribution in [0.3, 0.4) is 0 Å². The number of amides is 3. The van der Waals surface area contributed by atoms with E-state index in [4.69, 9.17) is 4.74 Å². The molecule has 218 valence electrons. The summed E-state index contributed by atoms with van der Waals surface area (Å²) in [4.78, 5) is 61.2. The van der Waals surface area contributed by atoms with Gasteiger partial charge in [-0.1, -0.05) is 44.2 Å². The molecule has 3 amide bonds. The molecular formula is C29H45N3O7. The fraction of sp³-hybridized carbons (Fsp3) is 0.621. The highest BCUT2D eigenvalue weighted by Gasteiger charge is 2.25. The highest BCUT2D eigenvalue weighted by atomic mass is 16.6. The Morgan fingerprint density at radius 1 is 0.846 bits per heavy atom. The van der Waals surface area contributed by atoms with E-state index in [1.165, 1.54) is 6.92 Å². The zero-order chi connectivity index (χ0) is 29.6. The quantitative estimate of drug-likeness (QED) is 0.232. The van der Waals surface area contributed by atoms with Gasteiger partial charge in [0, 0.05) is 44.3 Å². The molecule has 39 heavy (non-hydrogen) atoms. The van der Waals surface area contributed by atoms with E-state index in [9.17, 15) is 29.1 Å². The second-order valence-electron chi connectivity index (χ2n) is 11.4. The van der Waals surface area contributed by atoms with Gasteiger partial charge in [0.2, 0.25) is 17.7 Å². The number of aliphatic carboxylic acids is 1. The molecule has 0 fully saturated rings. The summed E-state index contributed by atoms with van der Waals surface area (Å²) in [5.41, 5.74) is 0.213. The van der Waals surface area contributed by atoms with Crippen molar-refractivity contribution in [1.82, 2.24) is 16.0 Å². The number of esters is 1. The molecule has 1 rings (SSSR count). The highest BCUT2D eigenvalue weighted by Crippen LogP contribution is 2.14. The number of ether oxygens (including phenoxy) is 1. The van der Waals surface area contributed by atoms with E-state index < -0.39 is 35.5 Å². The molecule has 0 radical (unpaired) electrons. The maximum atomic E-state index is 13.0. The first-order valence-corrected chi connectivity index (χ1v) is 13.5. The molecule has 10 nitrogen and oxygen atoms in total. The monoisotopic (exact) mass is 547 g/mol. The Labute approximate surface area is 231 Å². The van der Waals surface area contributed by atoms with Crippen LogP contribution in [0, 0.1) is 5.92 Å². The van der Waals surface area contributed by atoms with Crippen molar-refractivity contribution in [1.29, 1.82) is 0 Å². The molecule has 0 heterocycles. The Balaban J connectivity index is 2.93. The van der Waals surface area contributed by atoms with Crippen molar-refractivity contribution < 1.29 is 33.8 Å². The van der Waals surface area contributed by atoms with Gasteiger partial charge in [-0.3, -0.25) is 24.0 Å². The fourth-order valence-electron chi connectivity index (χ4n) is 4.26. The maximum absolute atomic E-state index is 13.0. The molecule has 0 unspecified atom stereocenters. The molecule has 1 aromatic carbocycles. The number of rotatable bonds is 16. The normalized spacial score (nSPS) is 13.6. The molecule has 3 atom stereocenters. The van der Waals surface area contributed by atoms with Gasteiger partial charge < -0.3 is 25.8 Å². The first-order chi connectivity index (χ1) is 18.1. The van der Waals surface area contributed by atoms with E-state index in [0.29, 0.717) is 12.8 Å². The molecule has 0 saturated heterocycles. The van der Waals surface area contributed by atoms with Crippen molar-refractivity contribution in [3.05, 3.63) is 35.9 Å². The van der Waals surface area contributed by atoms with Crippen molar-refractivity contribution in [2.24, 2.45) is 5.92 Å². The number of hydrogen-bond donors (Lipinski definition) is 4. The lowest BCUT2D eigenvalue weighted by atomic mass is 9.99. The van der Waals surface area contributed by atoms with Crippen LogP contribution in [0.25, 0.3) is 0 Å². The van der Waals surface area contributed by atoms with Crippen molar-refractivity contribution in [3.8, 4) is 0 Å². The van der Waals surface area contributed by atoms with Gasteiger partial charge in [0.05, 0.1) is 6.42 Å². The highest BCUT2D eigenvalue weighted by molar-refractivity contribution is 5.81. The van der Waals surface area contributed by atoms with Crippen molar-refractivity contribution in [3.63, 3.8) is 0 Å². The molecular weight excluding hydrogens is 502 g/mol. The average Bonchev–Trinajstić information content (AvgIpc) is 2.75. The molecule has 0 aliphatic rings. The molecule has 0 bridgehead atoms. The van der Waals surface area contributed by atoms with Gasteiger partial charge in [0.15, 0.2) is 0 Å². The summed E-state index contributed by atoms with van der Waals surface area (Å²) in [7, 11) is 0. The summed E-state index contributed by atoms with van der Waals surface area (Å²) in [6, 6.07) is 7.54. The largest absolute Gasteiger partial charge is 0.481 e. The Kier molecular flexibility index (Phi) is 14.2. The van der Waals surface area contributed by atoms with Crippen LogP contribution in [0.2, 0.25) is 0 Å². The molecule has 1 aromatic rings. The van der Waals surface area contributed by atoms with Crippen LogP contribution < -0.4 is 16.0 Å². The molecule has 0 aliphatic carbocycles. The number of carboxylic acids is 1. The Hall–Kier alpha value is -3.43. The molecule has 0 spiro atoms. The molecule has 0 aliphatic heterocycles. The van der Waals surface area contributed by atoms with E-state index in [1.54, 1.807) is 20.8 Å². The topological polar surface area (TPSA) is 151 Å². The number of hydrogen-bond acceptors (Lipinski definition) is 6. The smallest absolute Gasteiger partial charge is 0.306 e. The van der Waals surface area contributed by atoms with E-state index in [0.717, 1.165) is 5.56 Å². The van der Waals surface area contributed by atoms with Gasteiger partial charge in [-0.25, -0.2) is 0 Å². The minimum atomic E-state index is -1.04. The van der Waals surface area contributed by atoms with Gasteiger partial charge in [-0.15, -0.1) is 0 Å². The fourth-order valence-corrected chi connectivity index (χ4v) is 4.26. The number of carbonyl (C=O) groups excluding carboxylic acids is 4. The van der Waals surface area contributed by atoms with E-state index >= 15 is 0 Å². The third-order valence-corrected chi connectivity index (χ3v) is 5.62. The summed E-state index contributed by atoms with van der Waals surface area (Å²) >= 11 is 0. The first kappa shape index (κ1) is 33.6. The molecule has 0 saturated carbocycles. The van der Waals surface area contributed by atoms with Crippen LogP contribution in [-0.2, 0) is 35.1 Å². The lowest BCUT2D eigenvalue weighted by Gasteiger charge is -2.24. The van der Waals surface area contributed by atoms with Crippen molar-refractivity contribution >= 4 is 29.7 Å². The van der Waals surface area contributed by atoms with E-state index in [1.807, 2.05) is 44.2 Å². The van der Waals surface area contributed by atoms with Crippen LogP contribution in [0.15, 0.2) is 30.3 Å². The van der Waals surface area contributed by atoms with Gasteiger partial charge in [0.25, 0.3) is 0 Å². The second-order valence-corrected chi connectivity index (χ2v) is 11.4. The maximum Gasteiger partial charge on any atom is 0.306 e. The van der Waals surface area contributed by atoms with Crippen LogP contribution in [0.4, 0.5) is 0 Å². The molecule has 0 aromatic heterocycles. The van der Waals surface area contributed by atoms with Crippen LogP contribution >= 0.6 is 0 Å². The summed E-state index contributed by atoms with van der Waals surface area (Å²) in [6.45, 7) is 10.6. The van der Waals surface area contributed by atoms with Crippen LogP contribution in [0.5, 0.6) is 0 Å². The summed E-state index contributed by atoms with van der Waals surface area (Å²) in [5.74, 6) is -2.28. The van der Waals surface area contributed by atoms with Crippen LogP contribution in [-0.4, -0.2) is 58.5 Å². The standard InChI is InChI=1S/C29H45N3O7/c1-19(2)14-23(30-20(3)33)17-26(35)31-22(12-13-28(38)39-29(4,5)6)16-25(34)32-24(18-27(36)37)15-21-10-8-7-9-11-21/h7-11,19,22-24H,12-18H2,1-6H3,(H,30,33)(H,31,35)(H,32,34)(H,36,37)/t22-,23-,24-/m1/s1. The van der Waals surface area contributed by atoms with Gasteiger partial charge in [0.1, 0.15) is 5.60 Å². The first-order valence-electron chi connectivity index (χ1n) is 13.5. The Morgan fingerprint density at radius 2 is 1.41 bits per heavy atom. The third kappa shape index (κ3) is 16.9. The predicted molar refractivity (Wildman–Crippen MR) is 148 cm³/mol. The Bertz CT molecular complexity index is 957.